The lowest BCUT2D eigenvalue weighted by molar-refractivity contribution is -0.118. The normalized spacial score (nSPS) is 13.8. The average molecular weight is 272 g/mol. The number of aliphatic hydroxyl groups is 1. The van der Waals surface area contributed by atoms with E-state index in [0.29, 0.717) is 0 Å². The molecule has 2 atom stereocenters. The molecule has 3 heteroatoms. The van der Waals surface area contributed by atoms with Crippen molar-refractivity contribution in [3.63, 3.8) is 0 Å². The molecule has 2 rings (SSSR count). The highest BCUT2D eigenvalue weighted by Gasteiger charge is 2.26. The van der Waals surface area contributed by atoms with Gasteiger partial charge in [0.1, 0.15) is 5.78 Å². The van der Waals surface area contributed by atoms with Crippen LogP contribution in [0.3, 0.4) is 0 Å². The predicted octanol–water partition coefficient (Wildman–Crippen LogP) is 3.47. The van der Waals surface area contributed by atoms with E-state index in [2.05, 4.69) is 0 Å². The van der Waals surface area contributed by atoms with Crippen molar-refractivity contribution < 1.29 is 9.90 Å². The highest BCUT2D eigenvalue weighted by molar-refractivity contribution is 8.00. The van der Waals surface area contributed by atoms with Gasteiger partial charge < -0.3 is 5.11 Å². The molecule has 1 N–H and O–H groups in total. The van der Waals surface area contributed by atoms with Gasteiger partial charge in [-0.1, -0.05) is 48.5 Å². The Hall–Kier alpha value is -1.58. The van der Waals surface area contributed by atoms with Crippen LogP contribution in [0.1, 0.15) is 18.6 Å². The Morgan fingerprint density at radius 3 is 2.05 bits per heavy atom. The first kappa shape index (κ1) is 13.8. The zero-order valence-electron chi connectivity index (χ0n) is 10.7. The maximum absolute atomic E-state index is 11.8. The Labute approximate surface area is 117 Å². The smallest absolute Gasteiger partial charge is 0.146 e. The molecule has 0 aliphatic carbocycles. The lowest BCUT2D eigenvalue weighted by atomic mass is 10.0. The van der Waals surface area contributed by atoms with E-state index in [1.807, 2.05) is 60.7 Å². The van der Waals surface area contributed by atoms with Crippen LogP contribution in [-0.2, 0) is 4.79 Å². The molecule has 0 saturated carbocycles. The number of aliphatic hydroxyl groups excluding tert-OH is 1. The molecule has 2 aromatic rings. The van der Waals surface area contributed by atoms with Gasteiger partial charge in [0, 0.05) is 4.90 Å². The van der Waals surface area contributed by atoms with Gasteiger partial charge in [-0.25, -0.2) is 0 Å². The lowest BCUT2D eigenvalue weighted by Gasteiger charge is -2.20. The molecule has 0 amide bonds. The van der Waals surface area contributed by atoms with Crippen LogP contribution < -0.4 is 0 Å². The van der Waals surface area contributed by atoms with Crippen molar-refractivity contribution in [2.45, 2.75) is 23.2 Å². The van der Waals surface area contributed by atoms with E-state index in [1.54, 1.807) is 0 Å². The number of carbonyl (C=O) groups excluding carboxylic acids is 1. The Bertz CT molecular complexity index is 525. The monoisotopic (exact) mass is 272 g/mol. The second-order valence-electron chi connectivity index (χ2n) is 4.32. The van der Waals surface area contributed by atoms with Crippen molar-refractivity contribution in [1.29, 1.82) is 0 Å². The predicted molar refractivity (Wildman–Crippen MR) is 78.2 cm³/mol. The summed E-state index contributed by atoms with van der Waals surface area (Å²) in [4.78, 5) is 12.8. The summed E-state index contributed by atoms with van der Waals surface area (Å²) in [5.41, 5.74) is 0.770. The zero-order chi connectivity index (χ0) is 13.7. The fourth-order valence-corrected chi connectivity index (χ4v) is 2.90. The van der Waals surface area contributed by atoms with Crippen LogP contribution in [0.2, 0.25) is 0 Å². The lowest BCUT2D eigenvalue weighted by Crippen LogP contribution is -2.22. The number of hydrogen-bond acceptors (Lipinski definition) is 3. The zero-order valence-corrected chi connectivity index (χ0v) is 11.5. The van der Waals surface area contributed by atoms with Crippen LogP contribution in [0.25, 0.3) is 0 Å². The summed E-state index contributed by atoms with van der Waals surface area (Å²) >= 11 is 1.40. The number of Topliss-reactive ketones (excluding diaryl/α,β-unsaturated/α-hetero) is 1. The van der Waals surface area contributed by atoms with Crippen LogP contribution in [0.4, 0.5) is 0 Å². The third-order valence-electron chi connectivity index (χ3n) is 2.83. The molecule has 2 nitrogen and oxygen atoms in total. The standard InChI is InChI=1S/C16H16O2S/c1-12(17)16(19-14-10-6-3-7-11-14)15(18)13-8-4-2-5-9-13/h2-11,15-16,18H,1H3/t15-,16?/m0/s1. The molecule has 0 aliphatic heterocycles. The fraction of sp³-hybridized carbons (Fsp3) is 0.188. The molecule has 0 heterocycles. The van der Waals surface area contributed by atoms with Gasteiger partial charge >= 0.3 is 0 Å². The van der Waals surface area contributed by atoms with Crippen molar-refractivity contribution in [1.82, 2.24) is 0 Å². The molecular weight excluding hydrogens is 256 g/mol. The summed E-state index contributed by atoms with van der Waals surface area (Å²) in [6, 6.07) is 19.0. The molecule has 0 aromatic heterocycles. The van der Waals surface area contributed by atoms with E-state index < -0.39 is 11.4 Å². The molecule has 0 spiro atoms. The molecule has 0 radical (unpaired) electrons. The minimum atomic E-state index is -0.788. The summed E-state index contributed by atoms with van der Waals surface area (Å²) in [6.07, 6.45) is -0.788. The van der Waals surface area contributed by atoms with Crippen LogP contribution >= 0.6 is 11.8 Å². The quantitative estimate of drug-likeness (QED) is 0.847. The largest absolute Gasteiger partial charge is 0.387 e. The van der Waals surface area contributed by atoms with Crippen LogP contribution in [-0.4, -0.2) is 16.1 Å². The molecule has 0 fully saturated rings. The molecule has 0 saturated heterocycles. The van der Waals surface area contributed by atoms with Crippen molar-refractivity contribution >= 4 is 17.5 Å². The molecular formula is C16H16O2S. The minimum absolute atomic E-state index is 0.0230. The van der Waals surface area contributed by atoms with Crippen LogP contribution in [0.15, 0.2) is 65.6 Å². The molecule has 0 aliphatic rings. The van der Waals surface area contributed by atoms with E-state index in [0.717, 1.165) is 10.5 Å². The third kappa shape index (κ3) is 3.69. The highest BCUT2D eigenvalue weighted by atomic mass is 32.2. The molecule has 1 unspecified atom stereocenters. The third-order valence-corrected chi connectivity index (χ3v) is 4.22. The van der Waals surface area contributed by atoms with E-state index in [4.69, 9.17) is 0 Å². The minimum Gasteiger partial charge on any atom is -0.387 e. The topological polar surface area (TPSA) is 37.3 Å². The van der Waals surface area contributed by atoms with Crippen molar-refractivity contribution in [2.24, 2.45) is 0 Å². The number of benzene rings is 2. The molecule has 19 heavy (non-hydrogen) atoms. The number of rotatable bonds is 5. The van der Waals surface area contributed by atoms with Gasteiger partial charge in [-0.15, -0.1) is 11.8 Å². The number of carbonyl (C=O) groups is 1. The maximum atomic E-state index is 11.8. The summed E-state index contributed by atoms with van der Waals surface area (Å²) in [5.74, 6) is -0.0230. The van der Waals surface area contributed by atoms with Gasteiger partial charge in [0.2, 0.25) is 0 Å². The summed E-state index contributed by atoms with van der Waals surface area (Å²) in [5, 5.41) is 9.89. The van der Waals surface area contributed by atoms with Gasteiger partial charge in [-0.2, -0.15) is 0 Å². The number of thioether (sulfide) groups is 1. The summed E-state index contributed by atoms with van der Waals surface area (Å²) in [7, 11) is 0. The molecule has 2 aromatic carbocycles. The van der Waals surface area contributed by atoms with Gasteiger partial charge in [0.15, 0.2) is 0 Å². The first-order chi connectivity index (χ1) is 9.18. The van der Waals surface area contributed by atoms with E-state index in [9.17, 15) is 9.90 Å². The molecule has 0 bridgehead atoms. The van der Waals surface area contributed by atoms with Gasteiger partial charge in [-0.05, 0) is 24.6 Å². The van der Waals surface area contributed by atoms with Crippen molar-refractivity contribution in [3.8, 4) is 0 Å². The summed E-state index contributed by atoms with van der Waals surface area (Å²) in [6.45, 7) is 1.52. The van der Waals surface area contributed by atoms with E-state index in [1.165, 1.54) is 18.7 Å². The SMILES string of the molecule is CC(=O)C(Sc1ccccc1)[C@@H](O)c1ccccc1. The maximum Gasteiger partial charge on any atom is 0.146 e. The van der Waals surface area contributed by atoms with Crippen molar-refractivity contribution in [2.75, 3.05) is 0 Å². The van der Waals surface area contributed by atoms with Crippen LogP contribution in [0.5, 0.6) is 0 Å². The average Bonchev–Trinajstić information content (AvgIpc) is 2.46. The van der Waals surface area contributed by atoms with E-state index >= 15 is 0 Å². The highest BCUT2D eigenvalue weighted by Crippen LogP contribution is 2.32. The fourth-order valence-electron chi connectivity index (χ4n) is 1.84. The Kier molecular flexibility index (Phi) is 4.77. The first-order valence-corrected chi connectivity index (χ1v) is 7.01. The second kappa shape index (κ2) is 6.55. The molecule has 98 valence electrons. The first-order valence-electron chi connectivity index (χ1n) is 6.13. The number of ketones is 1. The Balaban J connectivity index is 2.19. The second-order valence-corrected chi connectivity index (χ2v) is 5.53. The van der Waals surface area contributed by atoms with E-state index in [-0.39, 0.29) is 5.78 Å². The van der Waals surface area contributed by atoms with Gasteiger partial charge in [0.25, 0.3) is 0 Å². The van der Waals surface area contributed by atoms with Gasteiger partial charge in [0.05, 0.1) is 11.4 Å². The van der Waals surface area contributed by atoms with Crippen molar-refractivity contribution in [3.05, 3.63) is 66.2 Å². The van der Waals surface area contributed by atoms with Gasteiger partial charge in [-0.3, -0.25) is 4.79 Å². The van der Waals surface area contributed by atoms with Crippen LogP contribution in [0, 0.1) is 0 Å². The Morgan fingerprint density at radius 2 is 1.53 bits per heavy atom. The number of hydrogen-bond donors (Lipinski definition) is 1. The summed E-state index contributed by atoms with van der Waals surface area (Å²) < 4.78 is 0. The Morgan fingerprint density at radius 1 is 1.00 bits per heavy atom.